The lowest BCUT2D eigenvalue weighted by molar-refractivity contribution is 0.242. The second-order valence-corrected chi connectivity index (χ2v) is 9.97. The first kappa shape index (κ1) is 24.9. The van der Waals surface area contributed by atoms with Gasteiger partial charge in [-0.25, -0.2) is 15.0 Å². The number of aromatic nitrogens is 4. The van der Waals surface area contributed by atoms with Gasteiger partial charge in [0.1, 0.15) is 11.3 Å². The summed E-state index contributed by atoms with van der Waals surface area (Å²) in [5, 5.41) is 0. The molecule has 190 valence electrons. The maximum absolute atomic E-state index is 6.30. The SMILES string of the molecule is CC(C)CN(CCN)Cc1ccc(-n2c(-c3cccnc3N)nc3ccc(C4=CCCC=C4)nc32)cc1. The van der Waals surface area contributed by atoms with Crippen LogP contribution in [-0.2, 0) is 6.54 Å². The topological polar surface area (TPSA) is 98.9 Å². The third kappa shape index (κ3) is 5.48. The predicted molar refractivity (Wildman–Crippen MR) is 152 cm³/mol. The van der Waals surface area contributed by atoms with E-state index in [2.05, 4.69) is 70.8 Å². The zero-order chi connectivity index (χ0) is 25.8. The van der Waals surface area contributed by atoms with Crippen molar-refractivity contribution in [3.8, 4) is 17.1 Å². The van der Waals surface area contributed by atoms with E-state index < -0.39 is 0 Å². The van der Waals surface area contributed by atoms with Crippen molar-refractivity contribution >= 4 is 22.6 Å². The fraction of sp³-hybridized carbons (Fsp3) is 0.300. The second kappa shape index (κ2) is 11.1. The summed E-state index contributed by atoms with van der Waals surface area (Å²) in [6, 6.07) is 16.6. The predicted octanol–water partition coefficient (Wildman–Crippen LogP) is 5.21. The van der Waals surface area contributed by atoms with Gasteiger partial charge in [-0.15, -0.1) is 0 Å². The quantitative estimate of drug-likeness (QED) is 0.332. The summed E-state index contributed by atoms with van der Waals surface area (Å²) in [5.41, 5.74) is 18.9. The minimum atomic E-state index is 0.444. The Kier molecular flexibility index (Phi) is 7.44. The third-order valence-corrected chi connectivity index (χ3v) is 6.54. The van der Waals surface area contributed by atoms with Crippen molar-refractivity contribution in [1.82, 2.24) is 24.4 Å². The molecule has 4 aromatic rings. The fourth-order valence-corrected chi connectivity index (χ4v) is 4.90. The summed E-state index contributed by atoms with van der Waals surface area (Å²) >= 11 is 0. The molecule has 7 heteroatoms. The van der Waals surface area contributed by atoms with Crippen LogP contribution in [0.15, 0.2) is 73.0 Å². The van der Waals surface area contributed by atoms with Crippen LogP contribution in [0.25, 0.3) is 33.8 Å². The Morgan fingerprint density at radius 3 is 2.57 bits per heavy atom. The van der Waals surface area contributed by atoms with Gasteiger partial charge in [-0.3, -0.25) is 9.47 Å². The van der Waals surface area contributed by atoms with E-state index >= 15 is 0 Å². The van der Waals surface area contributed by atoms with Crippen molar-refractivity contribution in [2.45, 2.75) is 33.2 Å². The molecule has 0 saturated carbocycles. The van der Waals surface area contributed by atoms with Crippen LogP contribution in [0.3, 0.4) is 0 Å². The number of nitrogens with zero attached hydrogens (tertiary/aromatic N) is 5. The van der Waals surface area contributed by atoms with E-state index in [0.717, 1.165) is 72.0 Å². The van der Waals surface area contributed by atoms with Crippen LogP contribution in [0.4, 0.5) is 5.82 Å². The summed E-state index contributed by atoms with van der Waals surface area (Å²) in [4.78, 5) is 16.8. The number of anilines is 1. The number of nitrogens with two attached hydrogens (primary N) is 2. The number of hydrogen-bond donors (Lipinski definition) is 2. The molecule has 0 bridgehead atoms. The summed E-state index contributed by atoms with van der Waals surface area (Å²) in [5.74, 6) is 1.76. The molecular weight excluding hydrogens is 458 g/mol. The average molecular weight is 494 g/mol. The number of hydrogen-bond acceptors (Lipinski definition) is 6. The fourth-order valence-electron chi connectivity index (χ4n) is 4.90. The molecule has 37 heavy (non-hydrogen) atoms. The van der Waals surface area contributed by atoms with Crippen LogP contribution in [-0.4, -0.2) is 44.1 Å². The highest BCUT2D eigenvalue weighted by Gasteiger charge is 2.19. The molecule has 0 amide bonds. The second-order valence-electron chi connectivity index (χ2n) is 9.97. The van der Waals surface area contributed by atoms with Crippen molar-refractivity contribution < 1.29 is 0 Å². The normalized spacial score (nSPS) is 13.6. The Labute approximate surface area is 218 Å². The highest BCUT2D eigenvalue weighted by molar-refractivity contribution is 5.85. The number of allylic oxidation sites excluding steroid dienone is 4. The molecule has 1 aliphatic carbocycles. The van der Waals surface area contributed by atoms with Gasteiger partial charge in [0.2, 0.25) is 0 Å². The first-order valence-corrected chi connectivity index (χ1v) is 13.0. The van der Waals surface area contributed by atoms with Gasteiger partial charge in [0, 0.05) is 38.1 Å². The Morgan fingerprint density at radius 1 is 1.03 bits per heavy atom. The van der Waals surface area contributed by atoms with Crippen LogP contribution >= 0.6 is 0 Å². The van der Waals surface area contributed by atoms with Crippen LogP contribution in [0, 0.1) is 5.92 Å². The van der Waals surface area contributed by atoms with Crippen LogP contribution in [0.2, 0.25) is 0 Å². The molecule has 0 unspecified atom stereocenters. The number of nitrogen functional groups attached to an aromatic ring is 1. The molecule has 0 saturated heterocycles. The standard InChI is InChI=1S/C30H35N7/c1-21(2)19-36(18-16-31)20-22-10-12-24(13-11-22)37-29(25-9-6-17-33-28(25)32)35-27-15-14-26(34-30(27)37)23-7-4-3-5-8-23/h4,6-15,17,21H,3,5,16,18-20,31H2,1-2H3,(H2,32,33). The highest BCUT2D eigenvalue weighted by atomic mass is 15.1. The van der Waals surface area contributed by atoms with Crippen molar-refractivity contribution in [2.24, 2.45) is 11.7 Å². The summed E-state index contributed by atoms with van der Waals surface area (Å²) in [7, 11) is 0. The van der Waals surface area contributed by atoms with E-state index in [-0.39, 0.29) is 0 Å². The lowest BCUT2D eigenvalue weighted by atomic mass is 10.0. The largest absolute Gasteiger partial charge is 0.383 e. The molecule has 0 fully saturated rings. The lowest BCUT2D eigenvalue weighted by Gasteiger charge is -2.23. The van der Waals surface area contributed by atoms with Gasteiger partial charge in [-0.05, 0) is 66.3 Å². The van der Waals surface area contributed by atoms with E-state index in [9.17, 15) is 0 Å². The summed E-state index contributed by atoms with van der Waals surface area (Å²) in [6.07, 6.45) is 10.4. The Hall–Kier alpha value is -3.81. The van der Waals surface area contributed by atoms with E-state index in [0.29, 0.717) is 18.3 Å². The van der Waals surface area contributed by atoms with Crippen molar-refractivity contribution in [3.63, 3.8) is 0 Å². The molecule has 0 aliphatic heterocycles. The Morgan fingerprint density at radius 2 is 1.86 bits per heavy atom. The van der Waals surface area contributed by atoms with Gasteiger partial charge < -0.3 is 11.5 Å². The van der Waals surface area contributed by atoms with Gasteiger partial charge in [0.15, 0.2) is 11.5 Å². The number of fused-ring (bicyclic) bond motifs is 1. The Balaban J connectivity index is 1.59. The van der Waals surface area contributed by atoms with Crippen molar-refractivity contribution in [3.05, 3.63) is 84.2 Å². The third-order valence-electron chi connectivity index (χ3n) is 6.54. The first-order valence-electron chi connectivity index (χ1n) is 13.0. The number of benzene rings is 1. The molecule has 0 atom stereocenters. The smallest absolute Gasteiger partial charge is 0.165 e. The molecule has 1 aromatic carbocycles. The molecule has 7 nitrogen and oxygen atoms in total. The molecule has 0 spiro atoms. The molecule has 1 aliphatic rings. The van der Waals surface area contributed by atoms with E-state index in [1.54, 1.807) is 6.20 Å². The monoisotopic (exact) mass is 493 g/mol. The van der Waals surface area contributed by atoms with Crippen LogP contribution < -0.4 is 11.5 Å². The van der Waals surface area contributed by atoms with Crippen molar-refractivity contribution in [1.29, 1.82) is 0 Å². The molecule has 3 heterocycles. The molecule has 5 rings (SSSR count). The summed E-state index contributed by atoms with van der Waals surface area (Å²) in [6.45, 7) is 7.90. The van der Waals surface area contributed by atoms with Gasteiger partial charge in [0.05, 0.1) is 11.3 Å². The zero-order valence-corrected chi connectivity index (χ0v) is 21.6. The molecular formula is C30H35N7. The van der Waals surface area contributed by atoms with Gasteiger partial charge in [-0.1, -0.05) is 44.2 Å². The minimum Gasteiger partial charge on any atom is -0.383 e. The van der Waals surface area contributed by atoms with Crippen LogP contribution in [0.1, 0.15) is 37.9 Å². The van der Waals surface area contributed by atoms with E-state index in [4.69, 9.17) is 21.4 Å². The van der Waals surface area contributed by atoms with Gasteiger partial charge >= 0.3 is 0 Å². The zero-order valence-electron chi connectivity index (χ0n) is 21.6. The minimum absolute atomic E-state index is 0.444. The first-order chi connectivity index (χ1) is 18.0. The molecule has 3 aromatic heterocycles. The lowest BCUT2D eigenvalue weighted by Crippen LogP contribution is -2.32. The Bertz CT molecular complexity index is 1430. The van der Waals surface area contributed by atoms with Gasteiger partial charge in [-0.2, -0.15) is 0 Å². The average Bonchev–Trinajstić information content (AvgIpc) is 3.28. The number of rotatable bonds is 9. The maximum atomic E-state index is 6.30. The molecule has 0 radical (unpaired) electrons. The number of imidazole rings is 1. The van der Waals surface area contributed by atoms with Crippen molar-refractivity contribution in [2.75, 3.05) is 25.4 Å². The summed E-state index contributed by atoms with van der Waals surface area (Å²) < 4.78 is 2.09. The highest BCUT2D eigenvalue weighted by Crippen LogP contribution is 2.31. The molecule has 4 N–H and O–H groups in total. The van der Waals surface area contributed by atoms with E-state index in [1.807, 2.05) is 24.3 Å². The van der Waals surface area contributed by atoms with E-state index in [1.165, 1.54) is 5.56 Å². The van der Waals surface area contributed by atoms with Gasteiger partial charge in [0.25, 0.3) is 0 Å². The van der Waals surface area contributed by atoms with Crippen LogP contribution in [0.5, 0.6) is 0 Å². The number of pyridine rings is 2. The maximum Gasteiger partial charge on any atom is 0.165 e.